The highest BCUT2D eigenvalue weighted by molar-refractivity contribution is 6.19. The molecule has 0 saturated heterocycles. The number of rotatable bonds is 6. The van der Waals surface area contributed by atoms with Gasteiger partial charge in [0.05, 0.1) is 11.0 Å². The van der Waals surface area contributed by atoms with Gasteiger partial charge in [0.15, 0.2) is 0 Å². The molecule has 2 aromatic heterocycles. The van der Waals surface area contributed by atoms with E-state index < -0.39 is 0 Å². The van der Waals surface area contributed by atoms with E-state index >= 15 is 0 Å². The Hall–Kier alpha value is -7.36. The average molecular weight is 717 g/mol. The Bertz CT molecular complexity index is 3240. The average Bonchev–Trinajstić information content (AvgIpc) is 3.81. The molecule has 3 heteroatoms. The number of anilines is 3. The van der Waals surface area contributed by atoms with E-state index in [-0.39, 0.29) is 0 Å². The Morgan fingerprint density at radius 3 is 1.89 bits per heavy atom. The minimum Gasteiger partial charge on any atom is -0.455 e. The maximum Gasteiger partial charge on any atom is 0.143 e. The van der Waals surface area contributed by atoms with Crippen LogP contribution >= 0.6 is 0 Å². The first-order valence-corrected chi connectivity index (χ1v) is 19.2. The second-order valence-electron chi connectivity index (χ2n) is 14.6. The lowest BCUT2D eigenvalue weighted by Gasteiger charge is -2.26. The van der Waals surface area contributed by atoms with Crippen molar-refractivity contribution >= 4 is 71.6 Å². The first-order chi connectivity index (χ1) is 27.7. The summed E-state index contributed by atoms with van der Waals surface area (Å²) < 4.78 is 8.93. The monoisotopic (exact) mass is 716 g/mol. The van der Waals surface area contributed by atoms with E-state index in [9.17, 15) is 0 Å². The van der Waals surface area contributed by atoms with Crippen molar-refractivity contribution in [2.45, 2.75) is 6.92 Å². The van der Waals surface area contributed by atoms with Crippen LogP contribution in [-0.2, 0) is 0 Å². The van der Waals surface area contributed by atoms with Crippen LogP contribution in [0.5, 0.6) is 0 Å². The van der Waals surface area contributed by atoms with Gasteiger partial charge in [-0.3, -0.25) is 0 Å². The van der Waals surface area contributed by atoms with Gasteiger partial charge < -0.3 is 13.9 Å². The zero-order valence-electron chi connectivity index (χ0n) is 30.9. The van der Waals surface area contributed by atoms with Gasteiger partial charge in [0.2, 0.25) is 0 Å². The summed E-state index contributed by atoms with van der Waals surface area (Å²) in [5, 5.41) is 7.06. The Morgan fingerprint density at radius 1 is 0.429 bits per heavy atom. The highest BCUT2D eigenvalue weighted by Crippen LogP contribution is 2.43. The molecule has 0 amide bonds. The number of benzene rings is 9. The van der Waals surface area contributed by atoms with Crippen molar-refractivity contribution in [3.63, 3.8) is 0 Å². The predicted molar refractivity (Wildman–Crippen MR) is 236 cm³/mol. The number of furan rings is 1. The summed E-state index contributed by atoms with van der Waals surface area (Å²) >= 11 is 0. The molecular formula is C53H36N2O. The van der Waals surface area contributed by atoms with Gasteiger partial charge in [-0.2, -0.15) is 0 Å². The summed E-state index contributed by atoms with van der Waals surface area (Å²) in [5.74, 6) is 0. The third-order valence-electron chi connectivity index (χ3n) is 11.2. The molecule has 0 aliphatic carbocycles. The highest BCUT2D eigenvalue weighted by Gasteiger charge is 2.19. The molecule has 11 aromatic rings. The van der Waals surface area contributed by atoms with Crippen LogP contribution < -0.4 is 4.90 Å². The first kappa shape index (κ1) is 32.1. The van der Waals surface area contributed by atoms with Gasteiger partial charge >= 0.3 is 0 Å². The third-order valence-corrected chi connectivity index (χ3v) is 11.2. The predicted octanol–water partition coefficient (Wildman–Crippen LogP) is 14.9. The molecule has 0 fully saturated rings. The van der Waals surface area contributed by atoms with Crippen molar-refractivity contribution in [2.24, 2.45) is 0 Å². The Balaban J connectivity index is 1.07. The minimum absolute atomic E-state index is 0.898. The van der Waals surface area contributed by atoms with Crippen molar-refractivity contribution < 1.29 is 4.42 Å². The number of hydrogen-bond acceptors (Lipinski definition) is 2. The first-order valence-electron chi connectivity index (χ1n) is 19.2. The number of fused-ring (bicyclic) bond motifs is 8. The van der Waals surface area contributed by atoms with Crippen LogP contribution in [0.15, 0.2) is 205 Å². The number of aryl methyl sites for hydroxylation is 1. The van der Waals surface area contributed by atoms with E-state index in [0.29, 0.717) is 0 Å². The van der Waals surface area contributed by atoms with E-state index in [0.717, 1.165) is 61.2 Å². The molecule has 9 aromatic carbocycles. The molecule has 11 rings (SSSR count). The molecule has 0 aliphatic heterocycles. The molecule has 0 saturated carbocycles. The summed E-state index contributed by atoms with van der Waals surface area (Å²) in [6.07, 6.45) is 0. The van der Waals surface area contributed by atoms with E-state index in [1.165, 1.54) is 43.9 Å². The maximum absolute atomic E-state index is 6.54. The molecule has 0 aliphatic rings. The summed E-state index contributed by atoms with van der Waals surface area (Å²) in [4.78, 5) is 2.37. The highest BCUT2D eigenvalue weighted by atomic mass is 16.3. The van der Waals surface area contributed by atoms with Crippen molar-refractivity contribution in [2.75, 3.05) is 4.90 Å². The number of aromatic nitrogens is 1. The van der Waals surface area contributed by atoms with Crippen LogP contribution in [0.25, 0.3) is 82.5 Å². The third kappa shape index (κ3) is 5.20. The molecule has 3 nitrogen and oxygen atoms in total. The normalized spacial score (nSPS) is 11.7. The van der Waals surface area contributed by atoms with Gasteiger partial charge in [-0.1, -0.05) is 139 Å². The number of nitrogens with zero attached hydrogens (tertiary/aromatic N) is 2. The van der Waals surface area contributed by atoms with Crippen LogP contribution in [0, 0.1) is 6.92 Å². The second-order valence-corrected chi connectivity index (χ2v) is 14.6. The molecule has 0 N–H and O–H groups in total. The van der Waals surface area contributed by atoms with Crippen molar-refractivity contribution in [1.82, 2.24) is 4.57 Å². The lowest BCUT2D eigenvalue weighted by atomic mass is 9.98. The summed E-state index contributed by atoms with van der Waals surface area (Å²) in [5.41, 5.74) is 14.6. The van der Waals surface area contributed by atoms with Gasteiger partial charge in [-0.15, -0.1) is 0 Å². The summed E-state index contributed by atoms with van der Waals surface area (Å²) in [7, 11) is 0. The van der Waals surface area contributed by atoms with Crippen molar-refractivity contribution in [3.05, 3.63) is 206 Å². The number of para-hydroxylation sites is 2. The summed E-state index contributed by atoms with van der Waals surface area (Å²) in [6.45, 7) is 2.14. The lowest BCUT2D eigenvalue weighted by Crippen LogP contribution is -2.10. The number of hydrogen-bond donors (Lipinski definition) is 0. The summed E-state index contributed by atoms with van der Waals surface area (Å²) in [6, 6.07) is 72.1. The molecule has 0 unspecified atom stereocenters. The molecule has 264 valence electrons. The van der Waals surface area contributed by atoms with Crippen LogP contribution in [0.2, 0.25) is 0 Å². The Morgan fingerprint density at radius 2 is 1.09 bits per heavy atom. The smallest absolute Gasteiger partial charge is 0.143 e. The molecular weight excluding hydrogens is 681 g/mol. The van der Waals surface area contributed by atoms with Crippen LogP contribution in [0.4, 0.5) is 17.1 Å². The quantitative estimate of drug-likeness (QED) is 0.171. The van der Waals surface area contributed by atoms with Crippen LogP contribution in [-0.4, -0.2) is 4.57 Å². The molecule has 56 heavy (non-hydrogen) atoms. The largest absolute Gasteiger partial charge is 0.455 e. The molecule has 0 radical (unpaired) electrons. The van der Waals surface area contributed by atoms with Gasteiger partial charge in [-0.25, -0.2) is 0 Å². The fraction of sp³-hybridized carbons (Fsp3) is 0.0189. The van der Waals surface area contributed by atoms with E-state index in [2.05, 4.69) is 217 Å². The SMILES string of the molecule is Cc1cccc(-c2ccc(N(c3ccc(-c4cccc5oc6c7ccccc7ccc6c45)cc3)c3ccc4c5ccccc5n(-c5ccccc5)c4c3)cc2)c1. The molecule has 2 heterocycles. The zero-order valence-corrected chi connectivity index (χ0v) is 30.9. The molecule has 0 spiro atoms. The maximum atomic E-state index is 6.54. The van der Waals surface area contributed by atoms with Gasteiger partial charge in [0.1, 0.15) is 11.2 Å². The minimum atomic E-state index is 0.898. The van der Waals surface area contributed by atoms with Crippen molar-refractivity contribution in [1.29, 1.82) is 0 Å². The standard InChI is InChI=1S/C53H36N2O/c1-35-11-9-13-39(33-35)36-21-26-41(27-22-36)54(43-30-32-47-46-17-7-8-19-49(46)55(50(47)34-43)40-14-3-2-4-15-40)42-28-23-38(24-29-42)44-18-10-20-51-52(44)48-31-25-37-12-5-6-16-45(37)53(48)56-51/h2-34H,1H3. The molecule has 0 atom stereocenters. The fourth-order valence-electron chi connectivity index (χ4n) is 8.61. The second kappa shape index (κ2) is 12.9. The molecule has 0 bridgehead atoms. The lowest BCUT2D eigenvalue weighted by molar-refractivity contribution is 0.673. The van der Waals surface area contributed by atoms with E-state index in [1.54, 1.807) is 0 Å². The topological polar surface area (TPSA) is 21.3 Å². The zero-order chi connectivity index (χ0) is 37.2. The van der Waals surface area contributed by atoms with E-state index in [1.807, 2.05) is 0 Å². The van der Waals surface area contributed by atoms with Gasteiger partial charge in [0.25, 0.3) is 0 Å². The van der Waals surface area contributed by atoms with Crippen molar-refractivity contribution in [3.8, 4) is 27.9 Å². The Labute approximate surface area is 324 Å². The van der Waals surface area contributed by atoms with Crippen LogP contribution in [0.3, 0.4) is 0 Å². The van der Waals surface area contributed by atoms with Crippen LogP contribution in [0.1, 0.15) is 5.56 Å². The fourth-order valence-corrected chi connectivity index (χ4v) is 8.61. The van der Waals surface area contributed by atoms with Gasteiger partial charge in [-0.05, 0) is 101 Å². The Kier molecular flexibility index (Phi) is 7.39. The van der Waals surface area contributed by atoms with E-state index in [4.69, 9.17) is 4.42 Å². The van der Waals surface area contributed by atoms with Gasteiger partial charge in [0, 0.05) is 49.7 Å².